The molecule has 13 heavy (non-hydrogen) atoms. The average molecular weight is 185 g/mol. The van der Waals surface area contributed by atoms with E-state index in [9.17, 15) is 9.90 Å². The molecule has 0 radical (unpaired) electrons. The minimum absolute atomic E-state index is 0.0130. The molecule has 4 unspecified atom stereocenters. The van der Waals surface area contributed by atoms with Crippen LogP contribution in [0.1, 0.15) is 20.3 Å². The summed E-state index contributed by atoms with van der Waals surface area (Å²) in [5.41, 5.74) is 0. The number of aliphatic hydroxyl groups is 1. The molecule has 4 heteroatoms. The van der Waals surface area contributed by atoms with Crippen LogP contribution in [0.25, 0.3) is 0 Å². The van der Waals surface area contributed by atoms with Crippen LogP contribution in [0.3, 0.4) is 0 Å². The van der Waals surface area contributed by atoms with Gasteiger partial charge in [-0.3, -0.25) is 4.90 Å². The normalized spacial score (nSPS) is 41.6. The highest BCUT2D eigenvalue weighted by Gasteiger charge is 2.58. The Morgan fingerprint density at radius 3 is 2.77 bits per heavy atom. The van der Waals surface area contributed by atoms with Crippen molar-refractivity contribution in [1.82, 2.24) is 4.90 Å². The van der Waals surface area contributed by atoms with E-state index in [1.54, 1.807) is 11.8 Å². The molecule has 3 aliphatic rings. The Morgan fingerprint density at radius 2 is 2.38 bits per heavy atom. The molecule has 1 aliphatic carbocycles. The maximum absolute atomic E-state index is 11.4. The molecule has 2 bridgehead atoms. The minimum atomic E-state index is -0.320. The van der Waals surface area contributed by atoms with E-state index in [4.69, 9.17) is 4.74 Å². The first-order chi connectivity index (χ1) is 6.16. The second-order valence-electron chi connectivity index (χ2n) is 3.80. The molecule has 2 heterocycles. The van der Waals surface area contributed by atoms with Crippen LogP contribution in [0.2, 0.25) is 0 Å². The van der Waals surface area contributed by atoms with Crippen LogP contribution >= 0.6 is 0 Å². The predicted molar refractivity (Wildman–Crippen MR) is 46.2 cm³/mol. The second kappa shape index (κ2) is 2.87. The van der Waals surface area contributed by atoms with Gasteiger partial charge in [-0.1, -0.05) is 0 Å². The molecule has 2 aliphatic heterocycles. The van der Waals surface area contributed by atoms with Crippen LogP contribution in [0.15, 0.2) is 0 Å². The zero-order valence-electron chi connectivity index (χ0n) is 7.93. The van der Waals surface area contributed by atoms with Crippen molar-refractivity contribution in [3.8, 4) is 0 Å². The topological polar surface area (TPSA) is 49.8 Å². The standard InChI is InChI=1S/C9H15NO3/c1-3-13-9(12)10-5(2)6-4-7(10)8(6)11/h5-8,11H,3-4H2,1-2H3. The van der Waals surface area contributed by atoms with E-state index < -0.39 is 0 Å². The van der Waals surface area contributed by atoms with Gasteiger partial charge in [-0.15, -0.1) is 0 Å². The zero-order chi connectivity index (χ0) is 9.59. The molecule has 0 aromatic carbocycles. The van der Waals surface area contributed by atoms with Gasteiger partial charge < -0.3 is 9.84 Å². The first-order valence-corrected chi connectivity index (χ1v) is 4.80. The number of carbonyl (C=O) groups excluding carboxylic acids is 1. The van der Waals surface area contributed by atoms with E-state index in [1.807, 2.05) is 6.92 Å². The summed E-state index contributed by atoms with van der Waals surface area (Å²) in [6, 6.07) is 0.151. The Bertz CT molecular complexity index is 229. The van der Waals surface area contributed by atoms with E-state index in [1.165, 1.54) is 0 Å². The molecule has 2 saturated heterocycles. The molecule has 0 aromatic rings. The van der Waals surface area contributed by atoms with Gasteiger partial charge in [-0.25, -0.2) is 4.79 Å². The molecule has 3 rings (SSSR count). The highest BCUT2D eigenvalue weighted by Crippen LogP contribution is 2.45. The molecule has 1 N–H and O–H groups in total. The summed E-state index contributed by atoms with van der Waals surface area (Å²) in [5.74, 6) is 0.273. The Balaban J connectivity index is 2.05. The lowest BCUT2D eigenvalue weighted by molar-refractivity contribution is 0.0191. The Morgan fingerprint density at radius 1 is 1.69 bits per heavy atom. The summed E-state index contributed by atoms with van der Waals surface area (Å²) in [6.07, 6.45) is 0.333. The number of ether oxygens (including phenoxy) is 1. The van der Waals surface area contributed by atoms with Crippen LogP contribution in [-0.4, -0.2) is 40.9 Å². The number of rotatable bonds is 1. The molecule has 3 fully saturated rings. The van der Waals surface area contributed by atoms with Crippen molar-refractivity contribution in [3.63, 3.8) is 0 Å². The fourth-order valence-electron chi connectivity index (χ4n) is 2.42. The third-order valence-corrected chi connectivity index (χ3v) is 3.24. The molecule has 74 valence electrons. The third-order valence-electron chi connectivity index (χ3n) is 3.24. The summed E-state index contributed by atoms with van der Waals surface area (Å²) in [5, 5.41) is 9.56. The molecular formula is C9H15NO3. The lowest BCUT2D eigenvalue weighted by Crippen LogP contribution is -2.45. The Hall–Kier alpha value is -0.770. The van der Waals surface area contributed by atoms with Crippen molar-refractivity contribution in [2.24, 2.45) is 5.92 Å². The van der Waals surface area contributed by atoms with E-state index >= 15 is 0 Å². The van der Waals surface area contributed by atoms with Gasteiger partial charge >= 0.3 is 6.09 Å². The van der Waals surface area contributed by atoms with E-state index in [0.29, 0.717) is 6.61 Å². The third kappa shape index (κ3) is 1.05. The van der Waals surface area contributed by atoms with Gasteiger partial charge in [0.05, 0.1) is 18.8 Å². The largest absolute Gasteiger partial charge is 0.450 e. The lowest BCUT2D eigenvalue weighted by atomic mass is 9.80. The van der Waals surface area contributed by atoms with Crippen LogP contribution in [0.4, 0.5) is 4.79 Å². The number of aliphatic hydroxyl groups excluding tert-OH is 1. The average Bonchev–Trinajstić information content (AvgIpc) is 2.54. The van der Waals surface area contributed by atoms with Gasteiger partial charge in [0, 0.05) is 12.0 Å². The first kappa shape index (κ1) is 8.81. The molecule has 1 saturated carbocycles. The van der Waals surface area contributed by atoms with E-state index in [2.05, 4.69) is 0 Å². The minimum Gasteiger partial charge on any atom is -0.450 e. The summed E-state index contributed by atoms with van der Waals surface area (Å²) in [4.78, 5) is 13.1. The zero-order valence-corrected chi connectivity index (χ0v) is 7.93. The van der Waals surface area contributed by atoms with Gasteiger partial charge in [0.2, 0.25) is 0 Å². The molecular weight excluding hydrogens is 170 g/mol. The van der Waals surface area contributed by atoms with Crippen LogP contribution in [-0.2, 0) is 4.74 Å². The lowest BCUT2D eigenvalue weighted by Gasteiger charge is -2.31. The summed E-state index contributed by atoms with van der Waals surface area (Å²) in [7, 11) is 0. The second-order valence-corrected chi connectivity index (χ2v) is 3.80. The van der Waals surface area contributed by atoms with Crippen LogP contribution in [0.5, 0.6) is 0 Å². The summed E-state index contributed by atoms with van der Waals surface area (Å²) in [6.45, 7) is 4.16. The van der Waals surface area contributed by atoms with Crippen molar-refractivity contribution in [3.05, 3.63) is 0 Å². The van der Waals surface area contributed by atoms with Crippen molar-refractivity contribution >= 4 is 6.09 Å². The van der Waals surface area contributed by atoms with Gasteiger partial charge in [0.25, 0.3) is 0 Å². The quantitative estimate of drug-likeness (QED) is 0.650. The van der Waals surface area contributed by atoms with Crippen LogP contribution < -0.4 is 0 Å². The smallest absolute Gasteiger partial charge is 0.410 e. The number of carbonyl (C=O) groups is 1. The fraction of sp³-hybridized carbons (Fsp3) is 0.889. The first-order valence-electron chi connectivity index (χ1n) is 4.80. The number of fused-ring (bicyclic) bond motifs is 1. The monoisotopic (exact) mass is 185 g/mol. The van der Waals surface area contributed by atoms with Crippen molar-refractivity contribution < 1.29 is 14.6 Å². The molecule has 4 nitrogen and oxygen atoms in total. The van der Waals surface area contributed by atoms with Gasteiger partial charge in [-0.2, -0.15) is 0 Å². The highest BCUT2D eigenvalue weighted by atomic mass is 16.6. The number of nitrogens with zero attached hydrogens (tertiary/aromatic N) is 1. The number of hydrogen-bond donors (Lipinski definition) is 1. The predicted octanol–water partition coefficient (Wildman–Crippen LogP) is 0.596. The molecule has 0 aromatic heterocycles. The van der Waals surface area contributed by atoms with E-state index in [0.717, 1.165) is 6.42 Å². The van der Waals surface area contributed by atoms with E-state index in [-0.39, 0.29) is 30.2 Å². The van der Waals surface area contributed by atoms with Crippen molar-refractivity contribution in [1.29, 1.82) is 0 Å². The number of amides is 1. The maximum atomic E-state index is 11.4. The Kier molecular flexibility index (Phi) is 1.95. The maximum Gasteiger partial charge on any atom is 0.410 e. The molecule has 4 atom stereocenters. The molecule has 1 amide bonds. The highest BCUT2D eigenvalue weighted by molar-refractivity contribution is 5.70. The van der Waals surface area contributed by atoms with Crippen molar-refractivity contribution in [2.75, 3.05) is 6.61 Å². The van der Waals surface area contributed by atoms with Crippen molar-refractivity contribution in [2.45, 2.75) is 38.5 Å². The summed E-state index contributed by atoms with van der Waals surface area (Å²) < 4.78 is 4.92. The van der Waals surface area contributed by atoms with Gasteiger partial charge in [0.15, 0.2) is 0 Å². The van der Waals surface area contributed by atoms with Gasteiger partial charge in [0.1, 0.15) is 0 Å². The van der Waals surface area contributed by atoms with Crippen LogP contribution in [0, 0.1) is 5.92 Å². The number of hydrogen-bond acceptors (Lipinski definition) is 3. The van der Waals surface area contributed by atoms with Gasteiger partial charge in [-0.05, 0) is 20.3 Å². The molecule has 0 spiro atoms. The fourth-order valence-corrected chi connectivity index (χ4v) is 2.42. The Labute approximate surface area is 77.5 Å². The SMILES string of the molecule is CCOC(=O)N1C(C)C2CC1C2O. The summed E-state index contributed by atoms with van der Waals surface area (Å²) >= 11 is 0.